The third-order valence-corrected chi connectivity index (χ3v) is 4.17. The third kappa shape index (κ3) is 3.12. The van der Waals surface area contributed by atoms with Gasteiger partial charge in [-0.3, -0.25) is 0 Å². The van der Waals surface area contributed by atoms with Crippen molar-refractivity contribution < 1.29 is 0 Å². The Balaban J connectivity index is 1.92. The Labute approximate surface area is 110 Å². The molecule has 0 radical (unpaired) electrons. The van der Waals surface area contributed by atoms with Crippen molar-refractivity contribution in [2.75, 3.05) is 19.6 Å². The minimum atomic E-state index is 0.128. The van der Waals surface area contributed by atoms with Gasteiger partial charge >= 0.3 is 0 Å². The lowest BCUT2D eigenvalue weighted by atomic mass is 9.96. The number of aromatic nitrogens is 2. The van der Waals surface area contributed by atoms with E-state index < -0.39 is 0 Å². The van der Waals surface area contributed by atoms with Gasteiger partial charge in [0, 0.05) is 18.8 Å². The summed E-state index contributed by atoms with van der Waals surface area (Å²) in [5.41, 5.74) is 7.31. The van der Waals surface area contributed by atoms with Crippen LogP contribution in [0.2, 0.25) is 0 Å². The Bertz CT molecular complexity index is 352. The zero-order chi connectivity index (χ0) is 13.0. The molecule has 2 N–H and O–H groups in total. The van der Waals surface area contributed by atoms with E-state index in [0.29, 0.717) is 0 Å². The topological polar surface area (TPSA) is 47.1 Å². The average molecular weight is 250 g/mol. The van der Waals surface area contributed by atoms with E-state index in [9.17, 15) is 0 Å². The van der Waals surface area contributed by atoms with Crippen LogP contribution in [-0.4, -0.2) is 34.1 Å². The van der Waals surface area contributed by atoms with Crippen LogP contribution >= 0.6 is 0 Å². The van der Waals surface area contributed by atoms with Crippen molar-refractivity contribution in [3.05, 3.63) is 18.2 Å². The summed E-state index contributed by atoms with van der Waals surface area (Å²) >= 11 is 0. The van der Waals surface area contributed by atoms with Crippen molar-refractivity contribution in [3.8, 4) is 0 Å². The van der Waals surface area contributed by atoms with Gasteiger partial charge in [-0.1, -0.05) is 13.8 Å². The lowest BCUT2D eigenvalue weighted by Gasteiger charge is -2.31. The molecule has 0 aromatic carbocycles. The van der Waals surface area contributed by atoms with Crippen LogP contribution in [0.5, 0.6) is 0 Å². The maximum absolute atomic E-state index is 6.12. The molecule has 1 aromatic rings. The monoisotopic (exact) mass is 250 g/mol. The highest BCUT2D eigenvalue weighted by Crippen LogP contribution is 2.21. The maximum atomic E-state index is 6.12. The first-order chi connectivity index (χ1) is 8.74. The van der Waals surface area contributed by atoms with E-state index in [1.807, 2.05) is 12.5 Å². The van der Waals surface area contributed by atoms with Crippen LogP contribution in [0.25, 0.3) is 0 Å². The summed E-state index contributed by atoms with van der Waals surface area (Å²) in [4.78, 5) is 6.79. The second kappa shape index (κ2) is 6.34. The molecular formula is C14H26N4. The number of nitrogens with zero attached hydrogens (tertiary/aromatic N) is 3. The number of nitrogens with two attached hydrogens (primary N) is 1. The summed E-state index contributed by atoms with van der Waals surface area (Å²) in [6.45, 7) is 9.12. The van der Waals surface area contributed by atoms with E-state index in [4.69, 9.17) is 5.73 Å². The Morgan fingerprint density at radius 1 is 1.39 bits per heavy atom. The van der Waals surface area contributed by atoms with Gasteiger partial charge in [0.15, 0.2) is 0 Å². The SMILES string of the molecule is CC[C@@H](N)c1cncn1CC1CCN(CC)CC1. The molecule has 1 atom stereocenters. The molecule has 18 heavy (non-hydrogen) atoms. The molecule has 1 saturated heterocycles. The molecule has 1 aromatic heterocycles. The largest absolute Gasteiger partial charge is 0.333 e. The quantitative estimate of drug-likeness (QED) is 0.869. The number of piperidine rings is 1. The second-order valence-corrected chi connectivity index (χ2v) is 5.36. The smallest absolute Gasteiger partial charge is 0.0948 e. The maximum Gasteiger partial charge on any atom is 0.0948 e. The minimum Gasteiger partial charge on any atom is -0.333 e. The fraction of sp³-hybridized carbons (Fsp3) is 0.786. The van der Waals surface area contributed by atoms with Gasteiger partial charge in [0.2, 0.25) is 0 Å². The van der Waals surface area contributed by atoms with Crippen LogP contribution in [-0.2, 0) is 6.54 Å². The standard InChI is InChI=1S/C14H26N4/c1-3-13(15)14-9-16-11-18(14)10-12-5-7-17(4-2)8-6-12/h9,11-13H,3-8,10,15H2,1-2H3/t13-/m1/s1. The molecule has 2 heterocycles. The predicted octanol–water partition coefficient (Wildman–Crippen LogP) is 2.02. The Kier molecular flexibility index (Phi) is 4.78. The highest BCUT2D eigenvalue weighted by molar-refractivity contribution is 5.04. The van der Waals surface area contributed by atoms with Crippen molar-refractivity contribution >= 4 is 0 Å². The molecule has 4 heteroatoms. The molecule has 1 fully saturated rings. The van der Waals surface area contributed by atoms with Gasteiger partial charge in [-0.05, 0) is 44.8 Å². The van der Waals surface area contributed by atoms with Gasteiger partial charge in [0.1, 0.15) is 0 Å². The van der Waals surface area contributed by atoms with E-state index in [1.165, 1.54) is 38.2 Å². The van der Waals surface area contributed by atoms with Crippen LogP contribution in [0.1, 0.15) is 44.8 Å². The number of likely N-dealkylation sites (tertiary alicyclic amines) is 1. The molecular weight excluding hydrogens is 224 g/mol. The lowest BCUT2D eigenvalue weighted by Crippen LogP contribution is -2.35. The molecule has 0 amide bonds. The lowest BCUT2D eigenvalue weighted by molar-refractivity contribution is 0.180. The molecule has 0 spiro atoms. The molecule has 102 valence electrons. The van der Waals surface area contributed by atoms with Crippen molar-refractivity contribution in [3.63, 3.8) is 0 Å². The molecule has 1 aliphatic rings. The number of imidazole rings is 1. The highest BCUT2D eigenvalue weighted by atomic mass is 15.1. The summed E-state index contributed by atoms with van der Waals surface area (Å²) in [5.74, 6) is 0.782. The summed E-state index contributed by atoms with van der Waals surface area (Å²) in [6.07, 6.45) is 7.44. The fourth-order valence-electron chi connectivity index (χ4n) is 2.76. The van der Waals surface area contributed by atoms with Crippen LogP contribution in [0.15, 0.2) is 12.5 Å². The van der Waals surface area contributed by atoms with Crippen molar-refractivity contribution in [2.24, 2.45) is 11.7 Å². The molecule has 0 unspecified atom stereocenters. The molecule has 1 aliphatic heterocycles. The summed E-state index contributed by atoms with van der Waals surface area (Å²) in [7, 11) is 0. The van der Waals surface area contributed by atoms with Crippen LogP contribution in [0.3, 0.4) is 0 Å². The van der Waals surface area contributed by atoms with Crippen LogP contribution < -0.4 is 5.73 Å². The van der Waals surface area contributed by atoms with E-state index in [2.05, 4.69) is 28.3 Å². The molecule has 2 rings (SSSR count). The Morgan fingerprint density at radius 3 is 2.72 bits per heavy atom. The first kappa shape index (κ1) is 13.6. The number of hydrogen-bond acceptors (Lipinski definition) is 3. The van der Waals surface area contributed by atoms with Crippen LogP contribution in [0.4, 0.5) is 0 Å². The normalized spacial score (nSPS) is 20.2. The van der Waals surface area contributed by atoms with Gasteiger partial charge in [0.25, 0.3) is 0 Å². The van der Waals surface area contributed by atoms with Crippen molar-refractivity contribution in [1.82, 2.24) is 14.5 Å². The first-order valence-electron chi connectivity index (χ1n) is 7.22. The van der Waals surface area contributed by atoms with Gasteiger partial charge in [-0.25, -0.2) is 4.98 Å². The van der Waals surface area contributed by atoms with Crippen molar-refractivity contribution in [2.45, 2.75) is 45.7 Å². The Morgan fingerprint density at radius 2 is 2.11 bits per heavy atom. The first-order valence-corrected chi connectivity index (χ1v) is 7.22. The fourth-order valence-corrected chi connectivity index (χ4v) is 2.76. The van der Waals surface area contributed by atoms with E-state index >= 15 is 0 Å². The van der Waals surface area contributed by atoms with Crippen LogP contribution in [0, 0.1) is 5.92 Å². The van der Waals surface area contributed by atoms with Gasteiger partial charge in [-0.15, -0.1) is 0 Å². The molecule has 0 aliphatic carbocycles. The van der Waals surface area contributed by atoms with E-state index in [1.54, 1.807) is 0 Å². The molecule has 0 bridgehead atoms. The molecule has 0 saturated carbocycles. The minimum absolute atomic E-state index is 0.128. The predicted molar refractivity (Wildman–Crippen MR) is 74.3 cm³/mol. The second-order valence-electron chi connectivity index (χ2n) is 5.36. The van der Waals surface area contributed by atoms with E-state index in [-0.39, 0.29) is 6.04 Å². The Hall–Kier alpha value is -0.870. The number of rotatable bonds is 5. The summed E-state index contributed by atoms with van der Waals surface area (Å²) in [6, 6.07) is 0.128. The third-order valence-electron chi connectivity index (χ3n) is 4.17. The zero-order valence-electron chi connectivity index (χ0n) is 11.7. The highest BCUT2D eigenvalue weighted by Gasteiger charge is 2.20. The van der Waals surface area contributed by atoms with Gasteiger partial charge < -0.3 is 15.2 Å². The van der Waals surface area contributed by atoms with Crippen molar-refractivity contribution in [1.29, 1.82) is 0 Å². The van der Waals surface area contributed by atoms with Gasteiger partial charge in [-0.2, -0.15) is 0 Å². The van der Waals surface area contributed by atoms with E-state index in [0.717, 1.165) is 18.9 Å². The zero-order valence-corrected chi connectivity index (χ0v) is 11.7. The molecule has 4 nitrogen and oxygen atoms in total. The number of hydrogen-bond donors (Lipinski definition) is 1. The average Bonchev–Trinajstić information content (AvgIpc) is 2.87. The summed E-state index contributed by atoms with van der Waals surface area (Å²) < 4.78 is 2.26. The summed E-state index contributed by atoms with van der Waals surface area (Å²) in [5, 5.41) is 0. The van der Waals surface area contributed by atoms with Gasteiger partial charge in [0.05, 0.1) is 12.0 Å².